The van der Waals surface area contributed by atoms with Gasteiger partial charge in [0, 0.05) is 6.07 Å². The van der Waals surface area contributed by atoms with Crippen LogP contribution in [0.5, 0.6) is 0 Å². The summed E-state index contributed by atoms with van der Waals surface area (Å²) in [4.78, 5) is 7.78. The molecule has 0 radical (unpaired) electrons. The molecule has 2 rings (SSSR count). The van der Waals surface area contributed by atoms with Gasteiger partial charge in [-0.15, -0.1) is 0 Å². The minimum absolute atomic E-state index is 0.341. The maximum absolute atomic E-state index is 8.66. The number of aryl methyl sites for hydroxylation is 1. The van der Waals surface area contributed by atoms with E-state index in [2.05, 4.69) is 15.3 Å². The highest BCUT2D eigenvalue weighted by atomic mass is 16.3. The zero-order valence-electron chi connectivity index (χ0n) is 8.77. The molecule has 0 atom stereocenters. The summed E-state index contributed by atoms with van der Waals surface area (Å²) in [5.41, 5.74) is 0.341. The Kier molecular flexibility index (Phi) is 2.83. The SMILES string of the molecule is Cc1ccc(CNc2cc(C#N)ncn2)o1. The lowest BCUT2D eigenvalue weighted by Crippen LogP contribution is -2.01. The molecule has 2 aromatic heterocycles. The topological polar surface area (TPSA) is 74.7 Å². The van der Waals surface area contributed by atoms with E-state index in [1.165, 1.54) is 6.33 Å². The van der Waals surface area contributed by atoms with Gasteiger partial charge in [-0.25, -0.2) is 9.97 Å². The first kappa shape index (κ1) is 10.2. The van der Waals surface area contributed by atoms with Crippen molar-refractivity contribution in [1.29, 1.82) is 5.26 Å². The van der Waals surface area contributed by atoms with Crippen molar-refractivity contribution in [2.75, 3.05) is 5.32 Å². The van der Waals surface area contributed by atoms with E-state index < -0.39 is 0 Å². The molecule has 0 saturated heterocycles. The van der Waals surface area contributed by atoms with Crippen LogP contribution in [0.1, 0.15) is 17.2 Å². The van der Waals surface area contributed by atoms with Crippen LogP contribution >= 0.6 is 0 Å². The fraction of sp³-hybridized carbons (Fsp3) is 0.182. The number of furan rings is 1. The van der Waals surface area contributed by atoms with Crippen molar-refractivity contribution in [3.8, 4) is 6.07 Å². The maximum Gasteiger partial charge on any atom is 0.145 e. The summed E-state index contributed by atoms with van der Waals surface area (Å²) in [5.74, 6) is 2.31. The Balaban J connectivity index is 2.02. The van der Waals surface area contributed by atoms with Gasteiger partial charge >= 0.3 is 0 Å². The van der Waals surface area contributed by atoms with E-state index in [1.54, 1.807) is 6.07 Å². The first-order valence-corrected chi connectivity index (χ1v) is 4.79. The molecule has 0 bridgehead atoms. The molecule has 0 amide bonds. The highest BCUT2D eigenvalue weighted by Gasteiger charge is 2.00. The summed E-state index contributed by atoms with van der Waals surface area (Å²) in [7, 11) is 0. The highest BCUT2D eigenvalue weighted by molar-refractivity contribution is 5.38. The van der Waals surface area contributed by atoms with Gasteiger partial charge in [0.15, 0.2) is 0 Å². The van der Waals surface area contributed by atoms with Crippen molar-refractivity contribution in [3.63, 3.8) is 0 Å². The van der Waals surface area contributed by atoms with Gasteiger partial charge in [0.1, 0.15) is 35.4 Å². The van der Waals surface area contributed by atoms with Gasteiger partial charge in [0.2, 0.25) is 0 Å². The van der Waals surface area contributed by atoms with Crippen LogP contribution in [0.4, 0.5) is 5.82 Å². The second-order valence-corrected chi connectivity index (χ2v) is 3.27. The zero-order valence-corrected chi connectivity index (χ0v) is 8.77. The molecule has 5 nitrogen and oxygen atoms in total. The largest absolute Gasteiger partial charge is 0.465 e. The number of aromatic nitrogens is 2. The third-order valence-corrected chi connectivity index (χ3v) is 2.02. The van der Waals surface area contributed by atoms with Crippen LogP contribution in [0.3, 0.4) is 0 Å². The molecular weight excluding hydrogens is 204 g/mol. The molecule has 0 aliphatic heterocycles. The molecule has 0 saturated carbocycles. The molecule has 0 aliphatic rings. The molecule has 0 unspecified atom stereocenters. The molecule has 2 aromatic rings. The average Bonchev–Trinajstić information content (AvgIpc) is 2.73. The second-order valence-electron chi connectivity index (χ2n) is 3.27. The van der Waals surface area contributed by atoms with E-state index in [-0.39, 0.29) is 0 Å². The van der Waals surface area contributed by atoms with Crippen LogP contribution in [-0.4, -0.2) is 9.97 Å². The Labute approximate surface area is 92.8 Å². The van der Waals surface area contributed by atoms with Gasteiger partial charge in [0.05, 0.1) is 6.54 Å². The summed E-state index contributed by atoms with van der Waals surface area (Å²) < 4.78 is 5.39. The van der Waals surface area contributed by atoms with Crippen molar-refractivity contribution in [2.45, 2.75) is 13.5 Å². The molecule has 1 N–H and O–H groups in total. The second kappa shape index (κ2) is 4.45. The van der Waals surface area contributed by atoms with Gasteiger partial charge < -0.3 is 9.73 Å². The summed E-state index contributed by atoms with van der Waals surface area (Å²) in [6.07, 6.45) is 1.36. The zero-order chi connectivity index (χ0) is 11.4. The van der Waals surface area contributed by atoms with Crippen LogP contribution in [-0.2, 0) is 6.54 Å². The first-order chi connectivity index (χ1) is 7.78. The van der Waals surface area contributed by atoms with Crippen LogP contribution in [0.15, 0.2) is 28.9 Å². The van der Waals surface area contributed by atoms with Crippen molar-refractivity contribution >= 4 is 5.82 Å². The molecule has 5 heteroatoms. The Hall–Kier alpha value is -2.35. The molecule has 2 heterocycles. The number of nitrogens with zero attached hydrogens (tertiary/aromatic N) is 3. The van der Waals surface area contributed by atoms with E-state index in [1.807, 2.05) is 25.1 Å². The highest BCUT2D eigenvalue weighted by Crippen LogP contribution is 2.09. The van der Waals surface area contributed by atoms with Crippen LogP contribution in [0, 0.1) is 18.3 Å². The van der Waals surface area contributed by atoms with Gasteiger partial charge in [0.25, 0.3) is 0 Å². The van der Waals surface area contributed by atoms with Gasteiger partial charge in [-0.3, -0.25) is 0 Å². The lowest BCUT2D eigenvalue weighted by molar-refractivity contribution is 0.490. The van der Waals surface area contributed by atoms with E-state index in [0.29, 0.717) is 18.1 Å². The standard InChI is InChI=1S/C11H10N4O/c1-8-2-3-10(16-8)6-13-11-4-9(5-12)14-7-15-11/h2-4,7H,6H2,1H3,(H,13,14,15). The van der Waals surface area contributed by atoms with Gasteiger partial charge in [-0.1, -0.05) is 0 Å². The molecule has 0 spiro atoms. The monoisotopic (exact) mass is 214 g/mol. The van der Waals surface area contributed by atoms with Crippen molar-refractivity contribution in [2.24, 2.45) is 0 Å². The first-order valence-electron chi connectivity index (χ1n) is 4.79. The van der Waals surface area contributed by atoms with E-state index in [0.717, 1.165) is 11.5 Å². The molecular formula is C11H10N4O. The van der Waals surface area contributed by atoms with Crippen LogP contribution < -0.4 is 5.32 Å². The predicted octanol–water partition coefficient (Wildman–Crippen LogP) is 1.86. The van der Waals surface area contributed by atoms with Crippen LogP contribution in [0.25, 0.3) is 0 Å². The Morgan fingerprint density at radius 3 is 3.00 bits per heavy atom. The smallest absolute Gasteiger partial charge is 0.145 e. The fourth-order valence-electron chi connectivity index (χ4n) is 1.27. The molecule has 16 heavy (non-hydrogen) atoms. The minimum Gasteiger partial charge on any atom is -0.465 e. The quantitative estimate of drug-likeness (QED) is 0.844. The van der Waals surface area contributed by atoms with Crippen LogP contribution in [0.2, 0.25) is 0 Å². The average molecular weight is 214 g/mol. The lowest BCUT2D eigenvalue weighted by atomic mass is 10.4. The Bertz CT molecular complexity index is 527. The third kappa shape index (κ3) is 2.36. The third-order valence-electron chi connectivity index (χ3n) is 2.02. The minimum atomic E-state index is 0.341. The van der Waals surface area contributed by atoms with Crippen molar-refractivity contribution < 1.29 is 4.42 Å². The summed E-state index contributed by atoms with van der Waals surface area (Å²) in [6, 6.07) is 7.35. The van der Waals surface area contributed by atoms with E-state index in [9.17, 15) is 0 Å². The van der Waals surface area contributed by atoms with Crippen molar-refractivity contribution in [1.82, 2.24) is 9.97 Å². The van der Waals surface area contributed by atoms with E-state index in [4.69, 9.17) is 9.68 Å². The Morgan fingerprint density at radius 2 is 2.31 bits per heavy atom. The molecule has 0 aliphatic carbocycles. The fourth-order valence-corrected chi connectivity index (χ4v) is 1.27. The predicted molar refractivity (Wildman–Crippen MR) is 57.5 cm³/mol. The summed E-state index contributed by atoms with van der Waals surface area (Å²) in [6.45, 7) is 2.43. The molecule has 0 fully saturated rings. The van der Waals surface area contributed by atoms with Gasteiger partial charge in [-0.05, 0) is 19.1 Å². The lowest BCUT2D eigenvalue weighted by Gasteiger charge is -2.02. The summed E-state index contributed by atoms with van der Waals surface area (Å²) >= 11 is 0. The number of anilines is 1. The van der Waals surface area contributed by atoms with Gasteiger partial charge in [-0.2, -0.15) is 5.26 Å². The molecule has 80 valence electrons. The van der Waals surface area contributed by atoms with Crippen molar-refractivity contribution in [3.05, 3.63) is 41.7 Å². The molecule has 0 aromatic carbocycles. The normalized spacial score (nSPS) is 9.75. The van der Waals surface area contributed by atoms with E-state index >= 15 is 0 Å². The Morgan fingerprint density at radius 1 is 1.44 bits per heavy atom. The number of nitriles is 1. The number of nitrogens with one attached hydrogen (secondary N) is 1. The number of hydrogen-bond donors (Lipinski definition) is 1. The maximum atomic E-state index is 8.66. The number of rotatable bonds is 3. The summed E-state index contributed by atoms with van der Waals surface area (Å²) in [5, 5.41) is 11.7. The number of hydrogen-bond acceptors (Lipinski definition) is 5.